The summed E-state index contributed by atoms with van der Waals surface area (Å²) < 4.78 is 6.67. The predicted octanol–water partition coefficient (Wildman–Crippen LogP) is 7.44. The highest BCUT2D eigenvalue weighted by molar-refractivity contribution is 7.80. The fourth-order valence-corrected chi connectivity index (χ4v) is 4.70. The van der Waals surface area contributed by atoms with Crippen molar-refractivity contribution in [3.8, 4) is 33.6 Å². The summed E-state index contributed by atoms with van der Waals surface area (Å²) in [5.74, 6) is 1.68. The highest BCUT2D eigenvalue weighted by Gasteiger charge is 2.28. The molecule has 5 rings (SSSR count). The number of thiocarbonyl (C=S) groups is 1. The lowest BCUT2D eigenvalue weighted by molar-refractivity contribution is 0.343. The van der Waals surface area contributed by atoms with Gasteiger partial charge in [-0.25, -0.2) is 0 Å². The third-order valence-electron chi connectivity index (χ3n) is 5.91. The predicted molar refractivity (Wildman–Crippen MR) is 132 cm³/mol. The molecule has 0 N–H and O–H groups in total. The molecule has 1 aliphatic rings. The number of piperidine rings is 1. The Balaban J connectivity index is 1.78. The van der Waals surface area contributed by atoms with Crippen molar-refractivity contribution >= 4 is 17.2 Å². The van der Waals surface area contributed by atoms with E-state index in [1.54, 1.807) is 0 Å². The molecule has 1 fully saturated rings. The minimum absolute atomic E-state index is 0.806. The third-order valence-corrected chi connectivity index (χ3v) is 6.35. The van der Waals surface area contributed by atoms with E-state index in [1.165, 1.54) is 19.3 Å². The van der Waals surface area contributed by atoms with Crippen molar-refractivity contribution in [1.82, 2.24) is 4.90 Å². The van der Waals surface area contributed by atoms with Crippen LogP contribution in [0.1, 0.15) is 25.0 Å². The van der Waals surface area contributed by atoms with Gasteiger partial charge in [0.1, 0.15) is 10.7 Å². The van der Waals surface area contributed by atoms with E-state index < -0.39 is 0 Å². The number of likely N-dealkylation sites (tertiary alicyclic amines) is 1. The molecule has 31 heavy (non-hydrogen) atoms. The molecule has 0 saturated carbocycles. The first kappa shape index (κ1) is 19.8. The van der Waals surface area contributed by atoms with Crippen LogP contribution in [0.15, 0.2) is 95.4 Å². The van der Waals surface area contributed by atoms with Crippen LogP contribution in [-0.4, -0.2) is 23.0 Å². The van der Waals surface area contributed by atoms with Crippen LogP contribution in [-0.2, 0) is 0 Å². The van der Waals surface area contributed by atoms with Crippen LogP contribution < -0.4 is 0 Å². The van der Waals surface area contributed by atoms with Gasteiger partial charge in [0.2, 0.25) is 0 Å². The van der Waals surface area contributed by atoms with Crippen molar-refractivity contribution in [3.63, 3.8) is 0 Å². The van der Waals surface area contributed by atoms with Gasteiger partial charge in [0.15, 0.2) is 5.76 Å². The van der Waals surface area contributed by atoms with Gasteiger partial charge in [-0.15, -0.1) is 0 Å². The van der Waals surface area contributed by atoms with E-state index in [9.17, 15) is 0 Å². The average molecular weight is 424 g/mol. The highest BCUT2D eigenvalue weighted by atomic mass is 32.1. The quantitative estimate of drug-likeness (QED) is 0.317. The first-order chi connectivity index (χ1) is 15.3. The zero-order valence-electron chi connectivity index (χ0n) is 17.5. The monoisotopic (exact) mass is 423 g/mol. The SMILES string of the molecule is S=C(c1oc(-c2ccccc2)c(-c2ccccc2)c1-c1ccccc1)N1CCCCC1. The van der Waals surface area contributed by atoms with Crippen molar-refractivity contribution in [3.05, 3.63) is 96.8 Å². The van der Waals surface area contributed by atoms with E-state index in [4.69, 9.17) is 16.6 Å². The van der Waals surface area contributed by atoms with E-state index in [-0.39, 0.29) is 0 Å². The molecule has 3 heteroatoms. The third kappa shape index (κ3) is 3.94. The van der Waals surface area contributed by atoms with Crippen LogP contribution in [0.3, 0.4) is 0 Å². The lowest BCUT2D eigenvalue weighted by atomic mass is 9.92. The summed E-state index contributed by atoms with van der Waals surface area (Å²) in [5, 5.41) is 0. The van der Waals surface area contributed by atoms with Gasteiger partial charge < -0.3 is 9.32 Å². The summed E-state index contributed by atoms with van der Waals surface area (Å²) in [4.78, 5) is 3.13. The van der Waals surface area contributed by atoms with E-state index in [1.807, 2.05) is 18.2 Å². The van der Waals surface area contributed by atoms with Crippen LogP contribution >= 0.6 is 12.2 Å². The van der Waals surface area contributed by atoms with Gasteiger partial charge in [-0.1, -0.05) is 103 Å². The fraction of sp³-hybridized carbons (Fsp3) is 0.179. The van der Waals surface area contributed by atoms with Gasteiger partial charge in [-0.3, -0.25) is 0 Å². The number of nitrogens with zero attached hydrogens (tertiary/aromatic N) is 1. The summed E-state index contributed by atoms with van der Waals surface area (Å²) in [5.41, 5.74) is 5.51. The standard InChI is InChI=1S/C28H25NOS/c31-28(29-19-11-4-12-20-29)27-25(22-15-7-2-8-16-22)24(21-13-5-1-6-14-21)26(30-27)23-17-9-3-10-18-23/h1-3,5-10,13-18H,4,11-12,19-20H2. The Labute approximate surface area is 189 Å². The number of hydrogen-bond acceptors (Lipinski definition) is 2. The van der Waals surface area contributed by atoms with Gasteiger partial charge in [0, 0.05) is 29.8 Å². The van der Waals surface area contributed by atoms with Crippen molar-refractivity contribution in [2.24, 2.45) is 0 Å². The molecular formula is C28H25NOS. The van der Waals surface area contributed by atoms with Crippen molar-refractivity contribution in [2.45, 2.75) is 19.3 Å². The second-order valence-corrected chi connectivity index (χ2v) is 8.35. The molecule has 1 aromatic heterocycles. The Kier molecular flexibility index (Phi) is 5.68. The first-order valence-corrected chi connectivity index (χ1v) is 11.4. The minimum atomic E-state index is 0.806. The van der Waals surface area contributed by atoms with Gasteiger partial charge in [0.05, 0.1) is 0 Å². The lowest BCUT2D eigenvalue weighted by Crippen LogP contribution is -2.35. The molecule has 0 bridgehead atoms. The van der Waals surface area contributed by atoms with E-state index in [0.29, 0.717) is 0 Å². The second-order valence-electron chi connectivity index (χ2n) is 7.96. The normalized spacial score (nSPS) is 13.9. The first-order valence-electron chi connectivity index (χ1n) is 11.0. The Morgan fingerprint density at radius 2 is 1.10 bits per heavy atom. The van der Waals surface area contributed by atoms with E-state index in [2.05, 4.69) is 77.7 Å². The molecule has 0 unspecified atom stereocenters. The molecular weight excluding hydrogens is 398 g/mol. The number of rotatable bonds is 4. The second kappa shape index (κ2) is 8.91. The summed E-state index contributed by atoms with van der Waals surface area (Å²) in [7, 11) is 0. The molecule has 0 spiro atoms. The Hall–Kier alpha value is -3.17. The summed E-state index contributed by atoms with van der Waals surface area (Å²) in [6.07, 6.45) is 3.63. The van der Waals surface area contributed by atoms with Crippen LogP contribution in [0, 0.1) is 0 Å². The maximum Gasteiger partial charge on any atom is 0.170 e. The zero-order valence-corrected chi connectivity index (χ0v) is 18.3. The molecule has 0 radical (unpaired) electrons. The van der Waals surface area contributed by atoms with Crippen LogP contribution in [0.25, 0.3) is 33.6 Å². The minimum Gasteiger partial charge on any atom is -0.452 e. The number of benzene rings is 3. The summed E-state index contributed by atoms with van der Waals surface area (Å²) in [6, 6.07) is 31.4. The highest BCUT2D eigenvalue weighted by Crippen LogP contribution is 2.45. The fourth-order valence-electron chi connectivity index (χ4n) is 4.38. The lowest BCUT2D eigenvalue weighted by Gasteiger charge is -2.28. The Morgan fingerprint density at radius 3 is 1.65 bits per heavy atom. The molecule has 2 nitrogen and oxygen atoms in total. The topological polar surface area (TPSA) is 16.4 Å². The molecule has 2 heterocycles. The molecule has 4 aromatic rings. The number of hydrogen-bond donors (Lipinski definition) is 0. The molecule has 0 aliphatic carbocycles. The molecule has 3 aromatic carbocycles. The van der Waals surface area contributed by atoms with Crippen molar-refractivity contribution < 1.29 is 4.42 Å². The van der Waals surface area contributed by atoms with Gasteiger partial charge in [0.25, 0.3) is 0 Å². The molecule has 0 atom stereocenters. The van der Waals surface area contributed by atoms with Crippen LogP contribution in [0.2, 0.25) is 0 Å². The maximum absolute atomic E-state index is 6.67. The van der Waals surface area contributed by atoms with Crippen LogP contribution in [0.4, 0.5) is 0 Å². The largest absolute Gasteiger partial charge is 0.452 e. The van der Waals surface area contributed by atoms with E-state index in [0.717, 1.165) is 57.4 Å². The van der Waals surface area contributed by atoms with Crippen LogP contribution in [0.5, 0.6) is 0 Å². The molecule has 1 aliphatic heterocycles. The van der Waals surface area contributed by atoms with Gasteiger partial charge >= 0.3 is 0 Å². The molecule has 0 amide bonds. The Bertz CT molecular complexity index is 1160. The number of furan rings is 1. The van der Waals surface area contributed by atoms with Gasteiger partial charge in [-0.05, 0) is 30.4 Å². The molecule has 1 saturated heterocycles. The average Bonchev–Trinajstić information content (AvgIpc) is 3.26. The summed E-state index contributed by atoms with van der Waals surface area (Å²) in [6.45, 7) is 1.99. The Morgan fingerprint density at radius 1 is 0.613 bits per heavy atom. The molecule has 154 valence electrons. The maximum atomic E-state index is 6.67. The van der Waals surface area contributed by atoms with Gasteiger partial charge in [-0.2, -0.15) is 0 Å². The van der Waals surface area contributed by atoms with Crippen molar-refractivity contribution in [1.29, 1.82) is 0 Å². The smallest absolute Gasteiger partial charge is 0.170 e. The zero-order chi connectivity index (χ0) is 21.0. The van der Waals surface area contributed by atoms with Crippen molar-refractivity contribution in [2.75, 3.05) is 13.1 Å². The van der Waals surface area contributed by atoms with E-state index >= 15 is 0 Å². The summed E-state index contributed by atoms with van der Waals surface area (Å²) >= 11 is 6.03.